The summed E-state index contributed by atoms with van der Waals surface area (Å²) >= 11 is 0. The van der Waals surface area contributed by atoms with E-state index in [-0.39, 0.29) is 5.97 Å². The van der Waals surface area contributed by atoms with Crippen molar-refractivity contribution in [3.05, 3.63) is 0 Å². The molecule has 0 saturated heterocycles. The topological polar surface area (TPSA) is 52.3 Å². The van der Waals surface area contributed by atoms with E-state index in [9.17, 15) is 4.79 Å². The molecule has 1 fully saturated rings. The van der Waals surface area contributed by atoms with Crippen LogP contribution in [0.5, 0.6) is 0 Å². The maximum Gasteiger partial charge on any atom is 0.326 e. The lowest BCUT2D eigenvalue weighted by molar-refractivity contribution is -0.164. The highest BCUT2D eigenvalue weighted by Crippen LogP contribution is 2.35. The van der Waals surface area contributed by atoms with E-state index in [1.54, 1.807) is 0 Å². The number of rotatable bonds is 1. The second-order valence-corrected chi connectivity index (χ2v) is 6.51. The van der Waals surface area contributed by atoms with Gasteiger partial charge in [-0.1, -0.05) is 13.8 Å². The molecule has 1 saturated carbocycles. The van der Waals surface area contributed by atoms with Crippen molar-refractivity contribution < 1.29 is 9.53 Å². The van der Waals surface area contributed by atoms with Crippen molar-refractivity contribution in [2.75, 3.05) is 0 Å². The van der Waals surface area contributed by atoms with Crippen molar-refractivity contribution in [3.63, 3.8) is 0 Å². The summed E-state index contributed by atoms with van der Waals surface area (Å²) < 4.78 is 5.41. The number of ether oxygens (including phenoxy) is 1. The predicted molar refractivity (Wildman–Crippen MR) is 64.9 cm³/mol. The van der Waals surface area contributed by atoms with Crippen LogP contribution in [0.4, 0.5) is 0 Å². The molecule has 94 valence electrons. The first kappa shape index (κ1) is 13.5. The van der Waals surface area contributed by atoms with E-state index >= 15 is 0 Å². The first-order valence-electron chi connectivity index (χ1n) is 6.15. The Morgan fingerprint density at radius 1 is 1.25 bits per heavy atom. The summed E-state index contributed by atoms with van der Waals surface area (Å²) in [5.41, 5.74) is 4.99. The molecule has 0 radical (unpaired) electrons. The molecule has 3 nitrogen and oxygen atoms in total. The van der Waals surface area contributed by atoms with Gasteiger partial charge in [-0.15, -0.1) is 0 Å². The van der Waals surface area contributed by atoms with E-state index in [4.69, 9.17) is 10.5 Å². The van der Waals surface area contributed by atoms with Gasteiger partial charge in [-0.3, -0.25) is 4.79 Å². The van der Waals surface area contributed by atoms with Crippen LogP contribution in [0, 0.1) is 11.8 Å². The molecule has 0 aromatic carbocycles. The van der Waals surface area contributed by atoms with Crippen LogP contribution in [0.25, 0.3) is 0 Å². The highest BCUT2D eigenvalue weighted by atomic mass is 16.6. The maximum absolute atomic E-state index is 12.1. The predicted octanol–water partition coefficient (Wildman–Crippen LogP) is 2.48. The normalized spacial score (nSPS) is 35.9. The second-order valence-electron chi connectivity index (χ2n) is 6.51. The Labute approximate surface area is 98.7 Å². The molecule has 16 heavy (non-hydrogen) atoms. The molecule has 0 aromatic rings. The third-order valence-electron chi connectivity index (χ3n) is 3.04. The summed E-state index contributed by atoms with van der Waals surface area (Å²) in [7, 11) is 0. The van der Waals surface area contributed by atoms with Gasteiger partial charge in [-0.25, -0.2) is 0 Å². The second kappa shape index (κ2) is 4.36. The largest absolute Gasteiger partial charge is 0.459 e. The summed E-state index contributed by atoms with van der Waals surface area (Å²) in [6.45, 7) is 9.95. The van der Waals surface area contributed by atoms with Gasteiger partial charge in [0.25, 0.3) is 0 Å². The van der Waals surface area contributed by atoms with Crippen LogP contribution in [-0.2, 0) is 9.53 Å². The third kappa shape index (κ3) is 3.48. The summed E-state index contributed by atoms with van der Waals surface area (Å²) in [5, 5.41) is 0. The van der Waals surface area contributed by atoms with Crippen LogP contribution >= 0.6 is 0 Å². The van der Waals surface area contributed by atoms with Crippen LogP contribution in [-0.4, -0.2) is 17.1 Å². The van der Waals surface area contributed by atoms with Crippen molar-refractivity contribution in [2.45, 2.75) is 65.0 Å². The minimum Gasteiger partial charge on any atom is -0.459 e. The number of carbonyl (C=O) groups is 1. The van der Waals surface area contributed by atoms with Crippen LogP contribution in [0.3, 0.4) is 0 Å². The fourth-order valence-corrected chi connectivity index (χ4v) is 2.73. The zero-order valence-corrected chi connectivity index (χ0v) is 11.2. The lowest BCUT2D eigenvalue weighted by Gasteiger charge is -2.39. The molecule has 0 aliphatic heterocycles. The molecule has 0 amide bonds. The van der Waals surface area contributed by atoms with Gasteiger partial charge >= 0.3 is 5.97 Å². The molecular weight excluding hydrogens is 202 g/mol. The standard InChI is InChI=1S/C13H25NO2/c1-9-6-10(2)8-13(14,7-9)11(15)16-12(3,4)5/h9-10H,6-8,14H2,1-5H3. The summed E-state index contributed by atoms with van der Waals surface area (Å²) in [5.74, 6) is 0.765. The molecule has 2 atom stereocenters. The van der Waals surface area contributed by atoms with E-state index in [2.05, 4.69) is 13.8 Å². The smallest absolute Gasteiger partial charge is 0.326 e. The highest BCUT2D eigenvalue weighted by molar-refractivity contribution is 5.81. The molecule has 0 aromatic heterocycles. The molecule has 0 spiro atoms. The van der Waals surface area contributed by atoms with Crippen LogP contribution in [0.15, 0.2) is 0 Å². The quantitative estimate of drug-likeness (QED) is 0.700. The van der Waals surface area contributed by atoms with Gasteiger partial charge in [0.05, 0.1) is 0 Å². The van der Waals surface area contributed by atoms with Gasteiger partial charge in [0.15, 0.2) is 0 Å². The van der Waals surface area contributed by atoms with E-state index in [1.807, 2.05) is 20.8 Å². The van der Waals surface area contributed by atoms with E-state index in [0.717, 1.165) is 19.3 Å². The zero-order valence-electron chi connectivity index (χ0n) is 11.2. The summed E-state index contributed by atoms with van der Waals surface area (Å²) in [4.78, 5) is 12.1. The SMILES string of the molecule is CC1CC(C)CC(N)(C(=O)OC(C)(C)C)C1. The average molecular weight is 227 g/mol. The van der Waals surface area contributed by atoms with Gasteiger partial charge in [-0.2, -0.15) is 0 Å². The number of hydrogen-bond donors (Lipinski definition) is 1. The monoisotopic (exact) mass is 227 g/mol. The van der Waals surface area contributed by atoms with Crippen LogP contribution in [0.2, 0.25) is 0 Å². The van der Waals surface area contributed by atoms with Crippen molar-refractivity contribution in [2.24, 2.45) is 17.6 Å². The first-order valence-corrected chi connectivity index (χ1v) is 6.15. The number of esters is 1. The minimum atomic E-state index is -0.773. The van der Waals surface area contributed by atoms with E-state index < -0.39 is 11.1 Å². The number of nitrogens with two attached hydrogens (primary N) is 1. The van der Waals surface area contributed by atoms with Crippen molar-refractivity contribution in [1.29, 1.82) is 0 Å². The molecule has 1 aliphatic carbocycles. The Hall–Kier alpha value is -0.570. The summed E-state index contributed by atoms with van der Waals surface area (Å²) in [6, 6.07) is 0. The molecule has 2 N–H and O–H groups in total. The van der Waals surface area contributed by atoms with E-state index in [0.29, 0.717) is 11.8 Å². The highest BCUT2D eigenvalue weighted by Gasteiger charge is 2.43. The van der Waals surface area contributed by atoms with Gasteiger partial charge < -0.3 is 10.5 Å². The Morgan fingerprint density at radius 2 is 1.69 bits per heavy atom. The van der Waals surface area contributed by atoms with Crippen LogP contribution in [0.1, 0.15) is 53.9 Å². The zero-order chi connectivity index (χ0) is 12.6. The fourth-order valence-electron chi connectivity index (χ4n) is 2.73. The van der Waals surface area contributed by atoms with Gasteiger partial charge in [-0.05, 0) is 51.9 Å². The lowest BCUT2D eigenvalue weighted by Crippen LogP contribution is -2.55. The Bertz CT molecular complexity index is 258. The van der Waals surface area contributed by atoms with Crippen molar-refractivity contribution in [3.8, 4) is 0 Å². The molecule has 0 bridgehead atoms. The molecular formula is C13H25NO2. The minimum absolute atomic E-state index is 0.238. The molecule has 0 heterocycles. The van der Waals surface area contributed by atoms with Crippen molar-refractivity contribution in [1.82, 2.24) is 0 Å². The van der Waals surface area contributed by atoms with Crippen LogP contribution < -0.4 is 5.73 Å². The molecule has 2 unspecified atom stereocenters. The molecule has 1 rings (SSSR count). The third-order valence-corrected chi connectivity index (χ3v) is 3.04. The molecule has 3 heteroatoms. The number of hydrogen-bond acceptors (Lipinski definition) is 3. The average Bonchev–Trinajstić information content (AvgIpc) is 1.97. The molecule has 1 aliphatic rings. The Kier molecular flexibility index (Phi) is 3.68. The maximum atomic E-state index is 12.1. The first-order chi connectivity index (χ1) is 7.12. The van der Waals surface area contributed by atoms with Gasteiger partial charge in [0, 0.05) is 0 Å². The van der Waals surface area contributed by atoms with E-state index in [1.165, 1.54) is 0 Å². The Morgan fingerprint density at radius 3 is 2.06 bits per heavy atom. The van der Waals surface area contributed by atoms with Crippen molar-refractivity contribution >= 4 is 5.97 Å². The number of carbonyl (C=O) groups excluding carboxylic acids is 1. The van der Waals surface area contributed by atoms with Gasteiger partial charge in [0.2, 0.25) is 0 Å². The van der Waals surface area contributed by atoms with Gasteiger partial charge in [0.1, 0.15) is 11.1 Å². The Balaban J connectivity index is 2.72. The summed E-state index contributed by atoms with van der Waals surface area (Å²) in [6.07, 6.45) is 2.64. The lowest BCUT2D eigenvalue weighted by atomic mass is 9.72. The fraction of sp³-hybridized carbons (Fsp3) is 0.923.